The summed E-state index contributed by atoms with van der Waals surface area (Å²) in [5.74, 6) is -0.394. The average Bonchev–Trinajstić information content (AvgIpc) is 2.24. The second-order valence-electron chi connectivity index (χ2n) is 6.76. The van der Waals surface area contributed by atoms with Gasteiger partial charge in [-0.3, -0.25) is 15.0 Å². The maximum Gasteiger partial charge on any atom is 0.321 e. The van der Waals surface area contributed by atoms with Crippen LogP contribution < -0.4 is 10.6 Å². The molecule has 1 fully saturated rings. The third-order valence-corrected chi connectivity index (χ3v) is 3.14. The van der Waals surface area contributed by atoms with Gasteiger partial charge in [0.05, 0.1) is 12.1 Å². The first-order chi connectivity index (χ1) is 9.60. The number of rotatable bonds is 4. The number of nitrogens with one attached hydrogen (secondary N) is 2. The number of hydrogen-bond donors (Lipinski definition) is 3. The summed E-state index contributed by atoms with van der Waals surface area (Å²) in [6.45, 7) is 7.01. The van der Waals surface area contributed by atoms with Crippen molar-refractivity contribution in [2.75, 3.05) is 33.4 Å². The smallest absolute Gasteiger partial charge is 0.321 e. The van der Waals surface area contributed by atoms with E-state index in [4.69, 9.17) is 4.74 Å². The van der Waals surface area contributed by atoms with Crippen LogP contribution in [-0.2, 0) is 9.53 Å². The van der Waals surface area contributed by atoms with Gasteiger partial charge in [0.2, 0.25) is 5.91 Å². The lowest BCUT2D eigenvalue weighted by Crippen LogP contribution is -2.52. The molecule has 1 heterocycles. The third kappa shape index (κ3) is 7.40. The summed E-state index contributed by atoms with van der Waals surface area (Å²) in [6, 6.07) is -0.509. The zero-order valence-electron chi connectivity index (χ0n) is 13.4. The van der Waals surface area contributed by atoms with E-state index in [0.717, 1.165) is 0 Å². The van der Waals surface area contributed by atoms with Crippen molar-refractivity contribution in [3.8, 4) is 0 Å². The van der Waals surface area contributed by atoms with E-state index in [2.05, 4.69) is 10.6 Å². The second kappa shape index (κ2) is 7.20. The van der Waals surface area contributed by atoms with Gasteiger partial charge in [-0.25, -0.2) is 4.79 Å². The largest absolute Gasteiger partial charge is 0.388 e. The van der Waals surface area contributed by atoms with E-state index in [0.29, 0.717) is 32.6 Å². The molecule has 1 rings (SSSR count). The van der Waals surface area contributed by atoms with E-state index in [9.17, 15) is 14.7 Å². The van der Waals surface area contributed by atoms with Crippen molar-refractivity contribution < 1.29 is 19.4 Å². The average molecular weight is 301 g/mol. The lowest BCUT2D eigenvalue weighted by atomic mass is 9.94. The van der Waals surface area contributed by atoms with Crippen molar-refractivity contribution >= 4 is 11.9 Å². The number of nitrogens with zero attached hydrogens (tertiary/aromatic N) is 1. The molecule has 0 radical (unpaired) electrons. The molecule has 21 heavy (non-hydrogen) atoms. The van der Waals surface area contributed by atoms with Crippen molar-refractivity contribution in [3.63, 3.8) is 0 Å². The molecule has 1 saturated heterocycles. The van der Waals surface area contributed by atoms with Crippen LogP contribution in [-0.4, -0.2) is 66.4 Å². The van der Waals surface area contributed by atoms with Gasteiger partial charge in [0.25, 0.3) is 0 Å². The zero-order valence-corrected chi connectivity index (χ0v) is 13.4. The number of imide groups is 1. The Labute approximate surface area is 126 Å². The van der Waals surface area contributed by atoms with Crippen LogP contribution in [0.5, 0.6) is 0 Å². The summed E-state index contributed by atoms with van der Waals surface area (Å²) < 4.78 is 5.22. The maximum absolute atomic E-state index is 11.8. The van der Waals surface area contributed by atoms with E-state index in [1.165, 1.54) is 0 Å². The number of urea groups is 1. The summed E-state index contributed by atoms with van der Waals surface area (Å²) in [7, 11) is 1.74. The number of aliphatic hydroxyl groups is 1. The Balaban J connectivity index is 2.35. The number of likely N-dealkylation sites (N-methyl/N-ethyl adjacent to an activating group) is 1. The summed E-state index contributed by atoms with van der Waals surface area (Å²) in [5.41, 5.74) is -1.21. The Morgan fingerprint density at radius 2 is 1.86 bits per heavy atom. The van der Waals surface area contributed by atoms with Crippen LogP contribution >= 0.6 is 0 Å². The van der Waals surface area contributed by atoms with Crippen LogP contribution in [0.15, 0.2) is 0 Å². The third-order valence-electron chi connectivity index (χ3n) is 3.14. The van der Waals surface area contributed by atoms with Crippen molar-refractivity contribution in [2.24, 2.45) is 0 Å². The van der Waals surface area contributed by atoms with E-state index < -0.39 is 23.1 Å². The molecule has 0 spiro atoms. The number of amides is 3. The zero-order chi connectivity index (χ0) is 16.1. The van der Waals surface area contributed by atoms with Crippen molar-refractivity contribution in [1.29, 1.82) is 0 Å². The molecule has 0 aromatic heterocycles. The van der Waals surface area contributed by atoms with Gasteiger partial charge in [-0.15, -0.1) is 0 Å². The van der Waals surface area contributed by atoms with Crippen LogP contribution in [0.1, 0.15) is 33.6 Å². The fourth-order valence-corrected chi connectivity index (χ4v) is 2.25. The highest BCUT2D eigenvalue weighted by molar-refractivity contribution is 5.95. The second-order valence-corrected chi connectivity index (χ2v) is 6.76. The minimum absolute atomic E-state index is 0.0563. The molecular formula is C14H27N3O4. The molecule has 0 aliphatic carbocycles. The molecule has 0 aromatic rings. The summed E-state index contributed by atoms with van der Waals surface area (Å²) in [4.78, 5) is 25.1. The Bertz CT molecular complexity index is 373. The van der Waals surface area contributed by atoms with Crippen LogP contribution in [0.3, 0.4) is 0 Å². The molecule has 7 nitrogen and oxygen atoms in total. The molecule has 122 valence electrons. The Kier molecular flexibility index (Phi) is 6.12. The Hall–Kier alpha value is -1.18. The highest BCUT2D eigenvalue weighted by atomic mass is 16.5. The van der Waals surface area contributed by atoms with Gasteiger partial charge in [-0.05, 0) is 27.8 Å². The van der Waals surface area contributed by atoms with Crippen LogP contribution in [0.25, 0.3) is 0 Å². The van der Waals surface area contributed by atoms with E-state index in [1.54, 1.807) is 11.9 Å². The maximum atomic E-state index is 11.8. The van der Waals surface area contributed by atoms with Crippen LogP contribution in [0.2, 0.25) is 0 Å². The lowest BCUT2D eigenvalue weighted by Gasteiger charge is -2.35. The standard InChI is InChI=1S/C14H27N3O4/c1-13(2,3)16-12(19)15-11(18)9-17(4)10-14(20)5-7-21-8-6-14/h20H,5-10H2,1-4H3,(H2,15,16,18,19). The Morgan fingerprint density at radius 3 is 2.38 bits per heavy atom. The normalized spacial score (nSPS) is 18.4. The quantitative estimate of drug-likeness (QED) is 0.684. The van der Waals surface area contributed by atoms with Crippen molar-refractivity contribution in [1.82, 2.24) is 15.5 Å². The molecule has 0 bridgehead atoms. The SMILES string of the molecule is CN(CC(=O)NC(=O)NC(C)(C)C)CC1(O)CCOCC1. The number of hydrogen-bond acceptors (Lipinski definition) is 5. The monoisotopic (exact) mass is 301 g/mol. The molecule has 3 amide bonds. The first-order valence-corrected chi connectivity index (χ1v) is 7.20. The minimum Gasteiger partial charge on any atom is -0.388 e. The molecule has 0 saturated carbocycles. The predicted octanol–water partition coefficient (Wildman–Crippen LogP) is 0.0840. The van der Waals surface area contributed by atoms with Crippen molar-refractivity contribution in [2.45, 2.75) is 44.8 Å². The number of carbonyl (C=O) groups excluding carboxylic acids is 2. The molecule has 1 aliphatic heterocycles. The minimum atomic E-state index is -0.819. The van der Waals surface area contributed by atoms with Crippen LogP contribution in [0.4, 0.5) is 4.79 Å². The first kappa shape index (κ1) is 17.9. The van der Waals surface area contributed by atoms with Gasteiger partial charge in [-0.2, -0.15) is 0 Å². The summed E-state index contributed by atoms with van der Waals surface area (Å²) in [6.07, 6.45) is 1.12. The molecule has 0 atom stereocenters. The van der Waals surface area contributed by atoms with Gasteiger partial charge in [0, 0.05) is 38.1 Å². The highest BCUT2D eigenvalue weighted by Gasteiger charge is 2.31. The fraction of sp³-hybridized carbons (Fsp3) is 0.857. The molecular weight excluding hydrogens is 274 g/mol. The number of carbonyl (C=O) groups is 2. The molecule has 0 unspecified atom stereocenters. The number of ether oxygens (including phenoxy) is 1. The van der Waals surface area contributed by atoms with Gasteiger partial charge in [0.15, 0.2) is 0 Å². The molecule has 0 aromatic carbocycles. The van der Waals surface area contributed by atoms with Gasteiger partial charge in [0.1, 0.15) is 0 Å². The van der Waals surface area contributed by atoms with Gasteiger partial charge < -0.3 is 15.2 Å². The van der Waals surface area contributed by atoms with Crippen LogP contribution in [0, 0.1) is 0 Å². The van der Waals surface area contributed by atoms with Gasteiger partial charge >= 0.3 is 6.03 Å². The first-order valence-electron chi connectivity index (χ1n) is 7.20. The lowest BCUT2D eigenvalue weighted by molar-refractivity contribution is -0.122. The van der Waals surface area contributed by atoms with E-state index in [-0.39, 0.29) is 6.54 Å². The summed E-state index contributed by atoms with van der Waals surface area (Å²) >= 11 is 0. The topological polar surface area (TPSA) is 90.9 Å². The molecule has 1 aliphatic rings. The van der Waals surface area contributed by atoms with E-state index in [1.807, 2.05) is 20.8 Å². The van der Waals surface area contributed by atoms with Crippen molar-refractivity contribution in [3.05, 3.63) is 0 Å². The highest BCUT2D eigenvalue weighted by Crippen LogP contribution is 2.20. The Morgan fingerprint density at radius 1 is 1.29 bits per heavy atom. The van der Waals surface area contributed by atoms with Gasteiger partial charge in [-0.1, -0.05) is 0 Å². The predicted molar refractivity (Wildman–Crippen MR) is 78.9 cm³/mol. The molecule has 7 heteroatoms. The molecule has 3 N–H and O–H groups in total. The van der Waals surface area contributed by atoms with E-state index >= 15 is 0 Å². The summed E-state index contributed by atoms with van der Waals surface area (Å²) in [5, 5.41) is 15.3. The fourth-order valence-electron chi connectivity index (χ4n) is 2.25.